The molecule has 32 heavy (non-hydrogen) atoms. The van der Waals surface area contributed by atoms with Crippen LogP contribution in [0.15, 0.2) is 21.3 Å². The second-order valence-electron chi connectivity index (χ2n) is 8.43. The van der Waals surface area contributed by atoms with Gasteiger partial charge in [-0.2, -0.15) is 0 Å². The average molecular weight is 446 g/mol. The highest BCUT2D eigenvalue weighted by Crippen LogP contribution is 2.43. The van der Waals surface area contributed by atoms with E-state index < -0.39 is 47.4 Å². The number of rotatable bonds is 5. The molecule has 5 unspecified atom stereocenters. The third kappa shape index (κ3) is 3.31. The van der Waals surface area contributed by atoms with Gasteiger partial charge in [0.15, 0.2) is 11.9 Å². The van der Waals surface area contributed by atoms with E-state index in [2.05, 4.69) is 0 Å². The molecule has 0 saturated carbocycles. The maximum Gasteiger partial charge on any atom is 0.509 e. The molecule has 2 fully saturated rings. The van der Waals surface area contributed by atoms with E-state index in [1.807, 2.05) is 20.8 Å². The van der Waals surface area contributed by atoms with Crippen LogP contribution in [0.4, 0.5) is 4.79 Å². The van der Waals surface area contributed by atoms with Gasteiger partial charge in [-0.15, -0.1) is 0 Å². The van der Waals surface area contributed by atoms with Crippen LogP contribution in [0.2, 0.25) is 0 Å². The molecule has 2 saturated heterocycles. The largest absolute Gasteiger partial charge is 0.509 e. The van der Waals surface area contributed by atoms with Gasteiger partial charge in [0.1, 0.15) is 22.6 Å². The van der Waals surface area contributed by atoms with Gasteiger partial charge in [0, 0.05) is 17.9 Å². The van der Waals surface area contributed by atoms with Crippen LogP contribution < -0.4 is 10.4 Å². The lowest BCUT2D eigenvalue weighted by molar-refractivity contribution is -0.267. The van der Waals surface area contributed by atoms with Gasteiger partial charge in [-0.25, -0.2) is 9.59 Å². The number of ether oxygens (including phenoxy) is 4. The van der Waals surface area contributed by atoms with Crippen LogP contribution in [0.5, 0.6) is 11.5 Å². The summed E-state index contributed by atoms with van der Waals surface area (Å²) >= 11 is 0. The molecular formula is C23H26O9. The van der Waals surface area contributed by atoms with Crippen molar-refractivity contribution < 1.29 is 38.1 Å². The quantitative estimate of drug-likeness (QED) is 0.415. The zero-order chi connectivity index (χ0) is 23.4. The maximum atomic E-state index is 12.4. The van der Waals surface area contributed by atoms with E-state index in [1.165, 1.54) is 6.07 Å². The first-order chi connectivity index (χ1) is 15.1. The van der Waals surface area contributed by atoms with Crippen molar-refractivity contribution in [3.8, 4) is 11.5 Å². The Kier molecular flexibility index (Phi) is 5.40. The van der Waals surface area contributed by atoms with Crippen molar-refractivity contribution in [1.82, 2.24) is 0 Å². The smallest absolute Gasteiger partial charge is 0.506 e. The standard InChI is InChI=1S/C23H26O9/c1-6-13(24)15-16(25)12-8-9-14(10(3)17(12)29-20(15)26)28-21-19-18(30-22(27)31-19)11(4)23(5,7-2)32-21/h8-9,11,18-19,21,25H,6-7H2,1-5H3. The normalized spacial score (nSPS) is 29.3. The number of aromatic hydroxyl groups is 1. The molecule has 1 aromatic carbocycles. The van der Waals surface area contributed by atoms with E-state index in [-0.39, 0.29) is 28.9 Å². The van der Waals surface area contributed by atoms with Crippen molar-refractivity contribution in [2.24, 2.45) is 5.92 Å². The fourth-order valence-corrected chi connectivity index (χ4v) is 4.31. The van der Waals surface area contributed by atoms with Crippen LogP contribution >= 0.6 is 0 Å². The SMILES string of the molecule is CCC(=O)c1c(O)c2ccc(OC3OC(C)(CC)C(C)C4OC(=O)OC34)c(C)c2oc1=O. The molecule has 3 heterocycles. The van der Waals surface area contributed by atoms with E-state index in [1.54, 1.807) is 19.9 Å². The summed E-state index contributed by atoms with van der Waals surface area (Å²) in [6.07, 6.45) is -2.31. The molecule has 0 bridgehead atoms. The lowest BCUT2D eigenvalue weighted by Gasteiger charge is -2.46. The second-order valence-corrected chi connectivity index (χ2v) is 8.43. The van der Waals surface area contributed by atoms with Crippen LogP contribution in [-0.4, -0.2) is 41.1 Å². The Hall–Kier alpha value is -3.07. The summed E-state index contributed by atoms with van der Waals surface area (Å²) in [5, 5.41) is 10.7. The van der Waals surface area contributed by atoms with Crippen molar-refractivity contribution >= 4 is 22.9 Å². The molecule has 2 aliphatic heterocycles. The monoisotopic (exact) mass is 446 g/mol. The predicted octanol–water partition coefficient (Wildman–Crippen LogP) is 3.84. The van der Waals surface area contributed by atoms with E-state index in [9.17, 15) is 19.5 Å². The van der Waals surface area contributed by atoms with Gasteiger partial charge in [-0.3, -0.25) is 4.79 Å². The molecule has 9 nitrogen and oxygen atoms in total. The minimum Gasteiger partial charge on any atom is -0.506 e. The highest BCUT2D eigenvalue weighted by molar-refractivity contribution is 6.03. The Morgan fingerprint density at radius 2 is 1.88 bits per heavy atom. The van der Waals surface area contributed by atoms with Gasteiger partial charge in [-0.1, -0.05) is 20.8 Å². The van der Waals surface area contributed by atoms with E-state index in [4.69, 9.17) is 23.4 Å². The van der Waals surface area contributed by atoms with Crippen LogP contribution in [0.3, 0.4) is 0 Å². The van der Waals surface area contributed by atoms with Gasteiger partial charge in [-0.05, 0) is 32.4 Å². The van der Waals surface area contributed by atoms with Crippen LogP contribution in [-0.2, 0) is 14.2 Å². The third-order valence-corrected chi connectivity index (χ3v) is 6.69. The third-order valence-electron chi connectivity index (χ3n) is 6.69. The number of benzene rings is 1. The topological polar surface area (TPSA) is 122 Å². The first kappa shape index (κ1) is 22.1. The minimum atomic E-state index is -0.954. The van der Waals surface area contributed by atoms with Crippen molar-refractivity contribution in [3.05, 3.63) is 33.7 Å². The molecule has 5 atom stereocenters. The van der Waals surface area contributed by atoms with Gasteiger partial charge < -0.3 is 28.5 Å². The number of fused-ring (bicyclic) bond motifs is 2. The van der Waals surface area contributed by atoms with Crippen molar-refractivity contribution in [2.45, 2.75) is 71.6 Å². The number of hydrogen-bond acceptors (Lipinski definition) is 9. The van der Waals surface area contributed by atoms with E-state index in [0.717, 1.165) is 0 Å². The molecule has 0 aliphatic carbocycles. The summed E-state index contributed by atoms with van der Waals surface area (Å²) in [6.45, 7) is 9.08. The van der Waals surface area contributed by atoms with Gasteiger partial charge in [0.05, 0.1) is 11.0 Å². The van der Waals surface area contributed by atoms with Crippen molar-refractivity contribution in [1.29, 1.82) is 0 Å². The number of hydrogen-bond donors (Lipinski definition) is 1. The van der Waals surface area contributed by atoms with Crippen LogP contribution in [0, 0.1) is 12.8 Å². The van der Waals surface area contributed by atoms with E-state index >= 15 is 0 Å². The maximum absolute atomic E-state index is 12.4. The summed E-state index contributed by atoms with van der Waals surface area (Å²) in [6, 6.07) is 3.08. The first-order valence-electron chi connectivity index (χ1n) is 10.7. The summed E-state index contributed by atoms with van der Waals surface area (Å²) in [5.41, 5.74) is -1.38. The summed E-state index contributed by atoms with van der Waals surface area (Å²) < 4.78 is 28.4. The molecule has 172 valence electrons. The summed E-state index contributed by atoms with van der Waals surface area (Å²) in [7, 11) is 0. The number of Topliss-reactive ketones (excluding diaryl/α,β-unsaturated/α-hetero) is 1. The Bertz CT molecular complexity index is 1150. The zero-order valence-corrected chi connectivity index (χ0v) is 18.6. The molecule has 1 aromatic heterocycles. The second kappa shape index (κ2) is 7.81. The van der Waals surface area contributed by atoms with Crippen molar-refractivity contribution in [2.75, 3.05) is 0 Å². The first-order valence-corrected chi connectivity index (χ1v) is 10.7. The van der Waals surface area contributed by atoms with Crippen LogP contribution in [0.1, 0.15) is 56.5 Å². The number of carbonyl (C=O) groups is 2. The molecule has 9 heteroatoms. The zero-order valence-electron chi connectivity index (χ0n) is 18.6. The Balaban J connectivity index is 1.74. The Labute approximate surface area is 184 Å². The molecule has 1 N–H and O–H groups in total. The molecule has 0 amide bonds. The highest BCUT2D eigenvalue weighted by atomic mass is 16.8. The number of aryl methyl sites for hydroxylation is 1. The molecule has 4 rings (SSSR count). The molecule has 2 aromatic rings. The van der Waals surface area contributed by atoms with E-state index in [0.29, 0.717) is 17.7 Å². The van der Waals surface area contributed by atoms with Gasteiger partial charge >= 0.3 is 11.8 Å². The predicted molar refractivity (Wildman–Crippen MR) is 112 cm³/mol. The van der Waals surface area contributed by atoms with Crippen molar-refractivity contribution in [3.63, 3.8) is 0 Å². The number of ketones is 1. The van der Waals surface area contributed by atoms with Gasteiger partial charge in [0.2, 0.25) is 12.4 Å². The molecular weight excluding hydrogens is 420 g/mol. The lowest BCUT2D eigenvalue weighted by atomic mass is 9.79. The summed E-state index contributed by atoms with van der Waals surface area (Å²) in [5.74, 6) is -0.730. The average Bonchev–Trinajstić information content (AvgIpc) is 3.16. The lowest BCUT2D eigenvalue weighted by Crippen LogP contribution is -2.59. The fourth-order valence-electron chi connectivity index (χ4n) is 4.31. The molecule has 0 spiro atoms. The van der Waals surface area contributed by atoms with Crippen LogP contribution in [0.25, 0.3) is 11.0 Å². The molecule has 2 aliphatic rings. The Morgan fingerprint density at radius 1 is 1.19 bits per heavy atom. The molecule has 0 radical (unpaired) electrons. The van der Waals surface area contributed by atoms with Gasteiger partial charge in [0.25, 0.3) is 0 Å². The summed E-state index contributed by atoms with van der Waals surface area (Å²) in [4.78, 5) is 36.2. The fraction of sp³-hybridized carbons (Fsp3) is 0.522. The Morgan fingerprint density at radius 3 is 2.53 bits per heavy atom. The highest BCUT2D eigenvalue weighted by Gasteiger charge is 2.57. The minimum absolute atomic E-state index is 0.0565. The number of carbonyl (C=O) groups excluding carboxylic acids is 2.